The van der Waals surface area contributed by atoms with E-state index in [1.165, 1.54) is 36.1 Å². The molecule has 1 aromatic rings. The first-order valence-corrected chi connectivity index (χ1v) is 8.94. The Morgan fingerprint density at radius 3 is 2.86 bits per heavy atom. The van der Waals surface area contributed by atoms with Gasteiger partial charge in [-0.3, -0.25) is 4.79 Å². The van der Waals surface area contributed by atoms with Crippen LogP contribution in [0.2, 0.25) is 0 Å². The van der Waals surface area contributed by atoms with Gasteiger partial charge in [0.05, 0.1) is 11.6 Å². The molecule has 2 atom stereocenters. The van der Waals surface area contributed by atoms with E-state index in [1.807, 2.05) is 6.20 Å². The normalized spacial score (nSPS) is 27.6. The lowest BCUT2D eigenvalue weighted by atomic mass is 9.95. The van der Waals surface area contributed by atoms with E-state index in [9.17, 15) is 4.79 Å². The zero-order chi connectivity index (χ0) is 15.1. The van der Waals surface area contributed by atoms with Crippen LogP contribution in [-0.4, -0.2) is 18.0 Å². The molecule has 4 N–H and O–H groups in total. The Bertz CT molecular complexity index is 618. The molecule has 3 aliphatic rings. The monoisotopic (exact) mass is 318 g/mol. The fraction of sp³-hybridized carbons (Fsp3) is 0.562. The Morgan fingerprint density at radius 1 is 1.32 bits per heavy atom. The molecule has 1 saturated carbocycles. The van der Waals surface area contributed by atoms with Crippen LogP contribution in [0.4, 0.5) is 5.00 Å². The largest absolute Gasteiger partial charge is 0.374 e. The molecule has 1 aliphatic carbocycles. The first-order valence-electron chi connectivity index (χ1n) is 8.13. The highest BCUT2D eigenvalue weighted by molar-refractivity contribution is 7.16. The van der Waals surface area contributed by atoms with Gasteiger partial charge in [-0.2, -0.15) is 0 Å². The number of hydrogen-bond acceptors (Lipinski definition) is 5. The van der Waals surface area contributed by atoms with Crippen LogP contribution in [0, 0.1) is 0 Å². The second-order valence-corrected chi connectivity index (χ2v) is 7.53. The van der Waals surface area contributed by atoms with Crippen molar-refractivity contribution in [3.8, 4) is 0 Å². The minimum Gasteiger partial charge on any atom is -0.374 e. The third-order valence-corrected chi connectivity index (χ3v) is 5.98. The molecule has 0 saturated heterocycles. The van der Waals surface area contributed by atoms with Gasteiger partial charge in [0, 0.05) is 23.2 Å². The molecule has 118 valence electrons. The fourth-order valence-electron chi connectivity index (χ4n) is 3.67. The predicted octanol–water partition coefficient (Wildman–Crippen LogP) is 2.44. The molecule has 5 nitrogen and oxygen atoms in total. The molecule has 1 aromatic heterocycles. The molecule has 22 heavy (non-hydrogen) atoms. The lowest BCUT2D eigenvalue weighted by Crippen LogP contribution is -2.39. The van der Waals surface area contributed by atoms with E-state index in [0.29, 0.717) is 6.04 Å². The quantitative estimate of drug-likeness (QED) is 0.691. The second-order valence-electron chi connectivity index (χ2n) is 6.48. The zero-order valence-corrected chi connectivity index (χ0v) is 13.6. The SMILES string of the molecule is CC1Cc2c(C3C=CNN3)sc(NC3CCCC3)c2C(=O)N1. The van der Waals surface area contributed by atoms with Gasteiger partial charge in [0.25, 0.3) is 5.91 Å². The van der Waals surface area contributed by atoms with Crippen LogP contribution < -0.4 is 21.5 Å². The predicted molar refractivity (Wildman–Crippen MR) is 89.0 cm³/mol. The molecule has 2 aliphatic heterocycles. The van der Waals surface area contributed by atoms with Crippen LogP contribution >= 0.6 is 11.3 Å². The van der Waals surface area contributed by atoms with E-state index in [1.54, 1.807) is 11.3 Å². The first-order chi connectivity index (χ1) is 10.7. The van der Waals surface area contributed by atoms with Crippen LogP contribution in [0.15, 0.2) is 12.3 Å². The minimum atomic E-state index is 0.0756. The number of fused-ring (bicyclic) bond motifs is 1. The lowest BCUT2D eigenvalue weighted by molar-refractivity contribution is 0.0930. The average molecular weight is 318 g/mol. The zero-order valence-electron chi connectivity index (χ0n) is 12.7. The Labute approximate surface area is 134 Å². The molecule has 1 amide bonds. The number of nitrogens with one attached hydrogen (secondary N) is 4. The van der Waals surface area contributed by atoms with E-state index in [0.717, 1.165) is 17.0 Å². The minimum absolute atomic E-state index is 0.0756. The average Bonchev–Trinajstić information content (AvgIpc) is 3.19. The number of rotatable bonds is 3. The van der Waals surface area contributed by atoms with Crippen molar-refractivity contribution in [3.63, 3.8) is 0 Å². The summed E-state index contributed by atoms with van der Waals surface area (Å²) in [6, 6.07) is 0.884. The highest BCUT2D eigenvalue weighted by Gasteiger charge is 2.33. The maximum atomic E-state index is 12.5. The molecular weight excluding hydrogens is 296 g/mol. The number of hydrazine groups is 1. The molecule has 4 rings (SSSR count). The first kappa shape index (κ1) is 14.1. The number of carbonyl (C=O) groups is 1. The Morgan fingerprint density at radius 2 is 2.14 bits per heavy atom. The maximum Gasteiger partial charge on any atom is 0.254 e. The number of amides is 1. The Balaban J connectivity index is 1.72. The van der Waals surface area contributed by atoms with Crippen LogP contribution in [0.25, 0.3) is 0 Å². The van der Waals surface area contributed by atoms with E-state index < -0.39 is 0 Å². The second kappa shape index (κ2) is 5.59. The standard InChI is InChI=1S/C16H22N4OS/c1-9-8-11-13(15(21)18-9)16(19-10-4-2-3-5-10)22-14(11)12-6-7-17-20-12/h6-7,9-10,12,17,19-20H,2-5,8H2,1H3,(H,18,21). The van der Waals surface area contributed by atoms with Crippen molar-refractivity contribution in [3.05, 3.63) is 28.3 Å². The van der Waals surface area contributed by atoms with Gasteiger partial charge in [-0.15, -0.1) is 11.3 Å². The van der Waals surface area contributed by atoms with Gasteiger partial charge in [-0.25, -0.2) is 5.43 Å². The molecule has 0 aromatic carbocycles. The van der Waals surface area contributed by atoms with Crippen molar-refractivity contribution in [1.29, 1.82) is 0 Å². The maximum absolute atomic E-state index is 12.5. The van der Waals surface area contributed by atoms with E-state index in [2.05, 4.69) is 34.5 Å². The molecule has 3 heterocycles. The Hall–Kier alpha value is -1.53. The molecule has 6 heteroatoms. The van der Waals surface area contributed by atoms with Crippen molar-refractivity contribution < 1.29 is 4.79 Å². The highest BCUT2D eigenvalue weighted by atomic mass is 32.1. The molecule has 0 spiro atoms. The molecule has 0 radical (unpaired) electrons. The summed E-state index contributed by atoms with van der Waals surface area (Å²) in [6.45, 7) is 2.07. The van der Waals surface area contributed by atoms with Crippen molar-refractivity contribution in [2.45, 2.75) is 57.2 Å². The summed E-state index contributed by atoms with van der Waals surface area (Å²) in [5.41, 5.74) is 8.38. The summed E-state index contributed by atoms with van der Waals surface area (Å²) in [4.78, 5) is 13.8. The third-order valence-electron chi connectivity index (χ3n) is 4.74. The summed E-state index contributed by atoms with van der Waals surface area (Å²) < 4.78 is 0. The Kier molecular flexibility index (Phi) is 3.58. The van der Waals surface area contributed by atoms with Crippen molar-refractivity contribution in [2.75, 3.05) is 5.32 Å². The topological polar surface area (TPSA) is 65.2 Å². The summed E-state index contributed by atoms with van der Waals surface area (Å²) >= 11 is 1.74. The van der Waals surface area contributed by atoms with Gasteiger partial charge >= 0.3 is 0 Å². The summed E-state index contributed by atoms with van der Waals surface area (Å²) in [5, 5.41) is 7.78. The van der Waals surface area contributed by atoms with E-state index >= 15 is 0 Å². The summed E-state index contributed by atoms with van der Waals surface area (Å²) in [7, 11) is 0. The van der Waals surface area contributed by atoms with Gasteiger partial charge in [-0.1, -0.05) is 12.8 Å². The summed E-state index contributed by atoms with van der Waals surface area (Å²) in [6.07, 6.45) is 9.95. The van der Waals surface area contributed by atoms with Gasteiger partial charge in [0.15, 0.2) is 0 Å². The van der Waals surface area contributed by atoms with Gasteiger partial charge in [-0.05, 0) is 37.8 Å². The van der Waals surface area contributed by atoms with Crippen LogP contribution in [-0.2, 0) is 6.42 Å². The third kappa shape index (κ3) is 2.40. The van der Waals surface area contributed by atoms with Crippen molar-refractivity contribution in [1.82, 2.24) is 16.2 Å². The fourth-order valence-corrected chi connectivity index (χ4v) is 5.01. The number of anilines is 1. The van der Waals surface area contributed by atoms with Crippen molar-refractivity contribution >= 4 is 22.2 Å². The summed E-state index contributed by atoms with van der Waals surface area (Å²) in [5.74, 6) is 0.0756. The van der Waals surface area contributed by atoms with Gasteiger partial charge < -0.3 is 16.1 Å². The smallest absolute Gasteiger partial charge is 0.254 e. The molecule has 2 unspecified atom stereocenters. The molecule has 0 bridgehead atoms. The van der Waals surface area contributed by atoms with Crippen LogP contribution in [0.1, 0.15) is 59.4 Å². The molecule has 1 fully saturated rings. The number of carbonyl (C=O) groups excluding carboxylic acids is 1. The van der Waals surface area contributed by atoms with Crippen LogP contribution in [0.5, 0.6) is 0 Å². The lowest BCUT2D eigenvalue weighted by Gasteiger charge is -2.23. The van der Waals surface area contributed by atoms with E-state index in [4.69, 9.17) is 0 Å². The highest BCUT2D eigenvalue weighted by Crippen LogP contribution is 2.41. The van der Waals surface area contributed by atoms with Crippen LogP contribution in [0.3, 0.4) is 0 Å². The molecular formula is C16H22N4OS. The number of thiophene rings is 1. The van der Waals surface area contributed by atoms with Gasteiger partial charge in [0.1, 0.15) is 5.00 Å². The van der Waals surface area contributed by atoms with E-state index in [-0.39, 0.29) is 18.0 Å². The number of hydrogen-bond donors (Lipinski definition) is 4. The van der Waals surface area contributed by atoms with Gasteiger partial charge in [0.2, 0.25) is 0 Å². The van der Waals surface area contributed by atoms with Crippen molar-refractivity contribution in [2.24, 2.45) is 0 Å².